The first-order chi connectivity index (χ1) is 8.54. The van der Waals surface area contributed by atoms with Crippen LogP contribution in [0.5, 0.6) is 0 Å². The molecule has 6 nitrogen and oxygen atoms in total. The number of carboxylic acid groups (broad SMARTS) is 1. The molecule has 98 valence electrons. The molecule has 1 aliphatic carbocycles. The van der Waals surface area contributed by atoms with Crippen LogP contribution in [-0.2, 0) is 16.0 Å². The van der Waals surface area contributed by atoms with E-state index in [1.165, 1.54) is 0 Å². The second kappa shape index (κ2) is 5.20. The van der Waals surface area contributed by atoms with Gasteiger partial charge in [0.25, 0.3) is 0 Å². The number of hydrogen-bond donors (Lipinski definition) is 2. The second-order valence-electron chi connectivity index (χ2n) is 4.74. The number of nitrogens with zero attached hydrogens (tertiary/aromatic N) is 1. The maximum atomic E-state index is 11.7. The van der Waals surface area contributed by atoms with E-state index in [4.69, 9.17) is 9.63 Å². The Bertz CT molecular complexity index is 451. The molecule has 1 amide bonds. The topological polar surface area (TPSA) is 92.4 Å². The molecule has 0 bridgehead atoms. The first-order valence-corrected chi connectivity index (χ1v) is 5.99. The summed E-state index contributed by atoms with van der Waals surface area (Å²) in [7, 11) is 0. The highest BCUT2D eigenvalue weighted by Gasteiger charge is 2.30. The summed E-state index contributed by atoms with van der Waals surface area (Å²) in [5, 5.41) is 15.2. The second-order valence-corrected chi connectivity index (χ2v) is 4.74. The third kappa shape index (κ3) is 3.58. The fourth-order valence-electron chi connectivity index (χ4n) is 1.82. The first-order valence-electron chi connectivity index (χ1n) is 5.99. The lowest BCUT2D eigenvalue weighted by molar-refractivity contribution is -0.142. The molecule has 1 aromatic heterocycles. The Hall–Kier alpha value is -1.85. The molecule has 1 unspecified atom stereocenters. The number of nitrogens with one attached hydrogen (secondary N) is 1. The van der Waals surface area contributed by atoms with Crippen LogP contribution in [0.3, 0.4) is 0 Å². The van der Waals surface area contributed by atoms with E-state index < -0.39 is 12.0 Å². The van der Waals surface area contributed by atoms with E-state index in [2.05, 4.69) is 10.5 Å². The number of carboxylic acids is 1. The number of aliphatic carboxylic acids is 1. The van der Waals surface area contributed by atoms with Crippen molar-refractivity contribution in [3.8, 4) is 0 Å². The van der Waals surface area contributed by atoms with Gasteiger partial charge in [-0.2, -0.15) is 0 Å². The summed E-state index contributed by atoms with van der Waals surface area (Å²) in [4.78, 5) is 22.7. The lowest BCUT2D eigenvalue weighted by Crippen LogP contribution is -2.41. The minimum absolute atomic E-state index is 0.0474. The van der Waals surface area contributed by atoms with Crippen molar-refractivity contribution in [3.05, 3.63) is 17.5 Å². The standard InChI is InChI=1S/C12H16N2O4/c1-7-4-9(14-18-7)6-11(15)13-10(12(16)17)5-8-2-3-8/h4,8,10H,2-3,5-6H2,1H3,(H,13,15)(H,16,17). The van der Waals surface area contributed by atoms with Crippen molar-refractivity contribution in [2.75, 3.05) is 0 Å². The van der Waals surface area contributed by atoms with Gasteiger partial charge in [-0.3, -0.25) is 4.79 Å². The Morgan fingerprint density at radius 3 is 2.83 bits per heavy atom. The molecule has 18 heavy (non-hydrogen) atoms. The van der Waals surface area contributed by atoms with Crippen LogP contribution >= 0.6 is 0 Å². The largest absolute Gasteiger partial charge is 0.480 e. The summed E-state index contributed by atoms with van der Waals surface area (Å²) in [6.07, 6.45) is 2.68. The Kier molecular flexibility index (Phi) is 3.64. The predicted octanol–water partition coefficient (Wildman–Crippen LogP) is 0.895. The van der Waals surface area contributed by atoms with Gasteiger partial charge in [-0.05, 0) is 19.3 Å². The van der Waals surface area contributed by atoms with Gasteiger partial charge in [0.2, 0.25) is 5.91 Å². The highest BCUT2D eigenvalue weighted by molar-refractivity contribution is 5.84. The monoisotopic (exact) mass is 252 g/mol. The Morgan fingerprint density at radius 1 is 1.61 bits per heavy atom. The number of aryl methyl sites for hydroxylation is 1. The summed E-state index contributed by atoms with van der Waals surface area (Å²) in [5.74, 6) is -0.241. The number of carbonyl (C=O) groups is 2. The number of aromatic nitrogens is 1. The van der Waals surface area contributed by atoms with Gasteiger partial charge in [0.05, 0.1) is 12.1 Å². The Balaban J connectivity index is 1.85. The van der Waals surface area contributed by atoms with Gasteiger partial charge >= 0.3 is 5.97 Å². The number of amides is 1. The van der Waals surface area contributed by atoms with Crippen LogP contribution in [0.15, 0.2) is 10.6 Å². The van der Waals surface area contributed by atoms with Gasteiger partial charge < -0.3 is 14.9 Å². The summed E-state index contributed by atoms with van der Waals surface area (Å²) >= 11 is 0. The molecule has 0 saturated heterocycles. The van der Waals surface area contributed by atoms with E-state index in [0.717, 1.165) is 12.8 Å². The fourth-order valence-corrected chi connectivity index (χ4v) is 1.82. The van der Waals surface area contributed by atoms with Gasteiger partial charge in [-0.25, -0.2) is 4.79 Å². The third-order valence-corrected chi connectivity index (χ3v) is 2.92. The van der Waals surface area contributed by atoms with Crippen molar-refractivity contribution < 1.29 is 19.2 Å². The molecule has 1 fully saturated rings. The summed E-state index contributed by atoms with van der Waals surface area (Å²) in [5.41, 5.74) is 0.514. The first kappa shape index (κ1) is 12.6. The lowest BCUT2D eigenvalue weighted by Gasteiger charge is -2.13. The molecule has 1 aromatic rings. The predicted molar refractivity (Wildman–Crippen MR) is 61.9 cm³/mol. The molecule has 0 radical (unpaired) electrons. The molecule has 2 rings (SSSR count). The molecule has 1 heterocycles. The third-order valence-electron chi connectivity index (χ3n) is 2.92. The SMILES string of the molecule is Cc1cc(CC(=O)NC(CC2CC2)C(=O)O)no1. The molecular weight excluding hydrogens is 236 g/mol. The van der Waals surface area contributed by atoms with Crippen molar-refractivity contribution in [3.63, 3.8) is 0 Å². The zero-order valence-electron chi connectivity index (χ0n) is 10.2. The molecule has 1 aliphatic rings. The van der Waals surface area contributed by atoms with Gasteiger partial charge in [-0.15, -0.1) is 0 Å². The average Bonchev–Trinajstić information content (AvgIpc) is 3.01. The summed E-state index contributed by atoms with van der Waals surface area (Å²) in [6.45, 7) is 1.74. The fraction of sp³-hybridized carbons (Fsp3) is 0.583. The number of carbonyl (C=O) groups excluding carboxylic acids is 1. The molecule has 6 heteroatoms. The Morgan fingerprint density at radius 2 is 2.33 bits per heavy atom. The summed E-state index contributed by atoms with van der Waals surface area (Å²) in [6, 6.07) is 0.869. The van der Waals surface area contributed by atoms with Crippen LogP contribution in [0, 0.1) is 12.8 Å². The summed E-state index contributed by atoms with van der Waals surface area (Å²) < 4.78 is 4.85. The normalized spacial score (nSPS) is 16.3. The highest BCUT2D eigenvalue weighted by Crippen LogP contribution is 2.33. The van der Waals surface area contributed by atoms with E-state index in [9.17, 15) is 9.59 Å². The molecule has 0 aromatic carbocycles. The van der Waals surface area contributed by atoms with E-state index in [0.29, 0.717) is 23.8 Å². The van der Waals surface area contributed by atoms with E-state index in [1.807, 2.05) is 0 Å². The van der Waals surface area contributed by atoms with Crippen molar-refractivity contribution in [1.29, 1.82) is 0 Å². The molecule has 0 aliphatic heterocycles. The van der Waals surface area contributed by atoms with Crippen LogP contribution in [-0.4, -0.2) is 28.2 Å². The van der Waals surface area contributed by atoms with Gasteiger partial charge in [0.15, 0.2) is 0 Å². The van der Waals surface area contributed by atoms with E-state index in [-0.39, 0.29) is 12.3 Å². The molecular formula is C12H16N2O4. The van der Waals surface area contributed by atoms with Crippen molar-refractivity contribution in [2.24, 2.45) is 5.92 Å². The Labute approximate surface area is 104 Å². The molecule has 1 atom stereocenters. The maximum Gasteiger partial charge on any atom is 0.326 e. The molecule has 0 spiro atoms. The van der Waals surface area contributed by atoms with Gasteiger partial charge in [0, 0.05) is 6.07 Å². The minimum Gasteiger partial charge on any atom is -0.480 e. The zero-order valence-corrected chi connectivity index (χ0v) is 10.2. The maximum absolute atomic E-state index is 11.7. The van der Waals surface area contributed by atoms with E-state index in [1.54, 1.807) is 13.0 Å². The van der Waals surface area contributed by atoms with Crippen molar-refractivity contribution in [2.45, 2.75) is 38.6 Å². The smallest absolute Gasteiger partial charge is 0.326 e. The van der Waals surface area contributed by atoms with Gasteiger partial charge in [0.1, 0.15) is 11.8 Å². The number of rotatable bonds is 6. The van der Waals surface area contributed by atoms with Crippen LogP contribution in [0.25, 0.3) is 0 Å². The van der Waals surface area contributed by atoms with Gasteiger partial charge in [-0.1, -0.05) is 18.0 Å². The minimum atomic E-state index is -0.980. The van der Waals surface area contributed by atoms with E-state index >= 15 is 0 Å². The number of hydrogen-bond acceptors (Lipinski definition) is 4. The average molecular weight is 252 g/mol. The molecule has 2 N–H and O–H groups in total. The van der Waals surface area contributed by atoms with Crippen LogP contribution < -0.4 is 5.32 Å². The van der Waals surface area contributed by atoms with Crippen LogP contribution in [0.4, 0.5) is 0 Å². The van der Waals surface area contributed by atoms with Crippen molar-refractivity contribution >= 4 is 11.9 Å². The van der Waals surface area contributed by atoms with Crippen molar-refractivity contribution in [1.82, 2.24) is 10.5 Å². The lowest BCUT2D eigenvalue weighted by atomic mass is 10.1. The van der Waals surface area contributed by atoms with Crippen LogP contribution in [0.1, 0.15) is 30.7 Å². The zero-order chi connectivity index (χ0) is 13.1. The molecule has 1 saturated carbocycles. The van der Waals surface area contributed by atoms with Crippen LogP contribution in [0.2, 0.25) is 0 Å². The highest BCUT2D eigenvalue weighted by atomic mass is 16.5. The quantitative estimate of drug-likeness (QED) is 0.784.